The van der Waals surface area contributed by atoms with Gasteiger partial charge in [0.25, 0.3) is 5.56 Å². The van der Waals surface area contributed by atoms with E-state index in [4.69, 9.17) is 16.6 Å². The summed E-state index contributed by atoms with van der Waals surface area (Å²) >= 11 is 7.73. The SMILES string of the molecule is O=c1[nH]c(Cc2nccn2Cc2ccccc2)nc2cc(-c3ccccc3Cl)sc12. The van der Waals surface area contributed by atoms with Crippen LogP contribution in [-0.2, 0) is 13.0 Å². The maximum atomic E-state index is 12.7. The number of aromatic nitrogens is 4. The van der Waals surface area contributed by atoms with Crippen LogP contribution in [0, 0.1) is 0 Å². The molecule has 0 aliphatic heterocycles. The summed E-state index contributed by atoms with van der Waals surface area (Å²) < 4.78 is 2.67. The van der Waals surface area contributed by atoms with Crippen LogP contribution in [0.4, 0.5) is 0 Å². The van der Waals surface area contributed by atoms with E-state index in [1.807, 2.05) is 54.7 Å². The molecule has 5 rings (SSSR count). The molecule has 0 aliphatic rings. The van der Waals surface area contributed by atoms with E-state index in [-0.39, 0.29) is 5.56 Å². The van der Waals surface area contributed by atoms with Gasteiger partial charge in [-0.05, 0) is 17.7 Å². The highest BCUT2D eigenvalue weighted by atomic mass is 35.5. The van der Waals surface area contributed by atoms with Crippen molar-refractivity contribution in [2.45, 2.75) is 13.0 Å². The molecule has 7 heteroatoms. The van der Waals surface area contributed by atoms with E-state index in [0.29, 0.717) is 27.5 Å². The zero-order chi connectivity index (χ0) is 20.5. The molecule has 0 fully saturated rings. The average Bonchev–Trinajstić information content (AvgIpc) is 3.36. The van der Waals surface area contributed by atoms with Gasteiger partial charge in [0.05, 0.1) is 11.9 Å². The van der Waals surface area contributed by atoms with E-state index in [9.17, 15) is 4.79 Å². The number of hydrogen-bond donors (Lipinski definition) is 1. The molecule has 148 valence electrons. The standard InChI is InChI=1S/C23H17ClN4OS/c24-17-9-5-4-8-16(17)19-12-18-22(30-19)23(29)27-20(26-18)13-21-25-10-11-28(21)14-15-6-2-1-3-7-15/h1-12H,13-14H2,(H,26,27,29). The van der Waals surface area contributed by atoms with E-state index in [0.717, 1.165) is 22.8 Å². The smallest absolute Gasteiger partial charge is 0.268 e. The highest BCUT2D eigenvalue weighted by molar-refractivity contribution is 7.22. The molecular formula is C23H17ClN4OS. The second-order valence-corrected chi connectivity index (χ2v) is 8.41. The summed E-state index contributed by atoms with van der Waals surface area (Å²) in [5.41, 5.74) is 2.63. The highest BCUT2D eigenvalue weighted by Crippen LogP contribution is 2.35. The summed E-state index contributed by atoms with van der Waals surface area (Å²) in [4.78, 5) is 25.7. The van der Waals surface area contributed by atoms with Gasteiger partial charge in [-0.3, -0.25) is 4.79 Å². The Morgan fingerprint density at radius 1 is 1.07 bits per heavy atom. The van der Waals surface area contributed by atoms with Gasteiger partial charge in [0.1, 0.15) is 16.3 Å². The minimum absolute atomic E-state index is 0.139. The molecule has 0 unspecified atom stereocenters. The highest BCUT2D eigenvalue weighted by Gasteiger charge is 2.14. The first kappa shape index (κ1) is 18.8. The summed E-state index contributed by atoms with van der Waals surface area (Å²) in [5, 5.41) is 0.656. The van der Waals surface area contributed by atoms with Gasteiger partial charge in [0.15, 0.2) is 0 Å². The molecule has 1 N–H and O–H groups in total. The fourth-order valence-electron chi connectivity index (χ4n) is 3.45. The van der Waals surface area contributed by atoms with Crippen molar-refractivity contribution < 1.29 is 0 Å². The van der Waals surface area contributed by atoms with E-state index in [2.05, 4.69) is 26.7 Å². The summed E-state index contributed by atoms with van der Waals surface area (Å²) in [6.07, 6.45) is 4.16. The third kappa shape index (κ3) is 3.67. The number of benzene rings is 2. The molecule has 5 aromatic rings. The van der Waals surface area contributed by atoms with Gasteiger partial charge in [-0.25, -0.2) is 9.97 Å². The van der Waals surface area contributed by atoms with Crippen molar-refractivity contribution in [2.75, 3.05) is 0 Å². The lowest BCUT2D eigenvalue weighted by Crippen LogP contribution is -2.13. The molecule has 0 saturated heterocycles. The van der Waals surface area contributed by atoms with Crippen LogP contribution in [0.3, 0.4) is 0 Å². The number of H-pyrrole nitrogens is 1. The van der Waals surface area contributed by atoms with Gasteiger partial charge in [-0.1, -0.05) is 60.1 Å². The molecule has 0 aliphatic carbocycles. The molecule has 2 aromatic carbocycles. The summed E-state index contributed by atoms with van der Waals surface area (Å²) in [6.45, 7) is 0.720. The Labute approximate surface area is 181 Å². The van der Waals surface area contributed by atoms with E-state index in [1.54, 1.807) is 6.20 Å². The van der Waals surface area contributed by atoms with Crippen molar-refractivity contribution >= 4 is 33.2 Å². The van der Waals surface area contributed by atoms with Gasteiger partial charge < -0.3 is 9.55 Å². The molecular weight excluding hydrogens is 416 g/mol. The van der Waals surface area contributed by atoms with Crippen LogP contribution in [-0.4, -0.2) is 19.5 Å². The fraction of sp³-hybridized carbons (Fsp3) is 0.0870. The fourth-order valence-corrected chi connectivity index (χ4v) is 4.77. The Bertz CT molecular complexity index is 1390. The first-order valence-corrected chi connectivity index (χ1v) is 10.7. The van der Waals surface area contributed by atoms with Gasteiger partial charge in [-0.2, -0.15) is 0 Å². The molecule has 0 amide bonds. The monoisotopic (exact) mass is 432 g/mol. The second kappa shape index (κ2) is 7.89. The quantitative estimate of drug-likeness (QED) is 0.418. The second-order valence-electron chi connectivity index (χ2n) is 6.95. The summed E-state index contributed by atoms with van der Waals surface area (Å²) in [5.74, 6) is 1.44. The minimum atomic E-state index is -0.139. The third-order valence-electron chi connectivity index (χ3n) is 4.89. The van der Waals surface area contributed by atoms with Crippen LogP contribution in [0.15, 0.2) is 77.9 Å². The lowest BCUT2D eigenvalue weighted by Gasteiger charge is -2.08. The first-order valence-electron chi connectivity index (χ1n) is 9.49. The molecule has 0 atom stereocenters. The lowest BCUT2D eigenvalue weighted by molar-refractivity contribution is 0.728. The van der Waals surface area contributed by atoms with Crippen LogP contribution < -0.4 is 5.56 Å². The zero-order valence-electron chi connectivity index (χ0n) is 15.9. The van der Waals surface area contributed by atoms with Crippen molar-refractivity contribution in [3.8, 4) is 10.4 Å². The maximum Gasteiger partial charge on any atom is 0.268 e. The predicted octanol–water partition coefficient (Wildman–Crippen LogP) is 5.14. The number of nitrogens with one attached hydrogen (secondary N) is 1. The Balaban J connectivity index is 1.47. The number of aromatic amines is 1. The number of rotatable bonds is 5. The van der Waals surface area contributed by atoms with Gasteiger partial charge in [0, 0.05) is 34.4 Å². The average molecular weight is 433 g/mol. The number of halogens is 1. The minimum Gasteiger partial charge on any atom is -0.330 e. The molecule has 5 nitrogen and oxygen atoms in total. The van der Waals surface area contributed by atoms with Crippen LogP contribution in [0.1, 0.15) is 17.2 Å². The zero-order valence-corrected chi connectivity index (χ0v) is 17.5. The third-order valence-corrected chi connectivity index (χ3v) is 6.38. The normalized spacial score (nSPS) is 11.2. The van der Waals surface area contributed by atoms with Crippen LogP contribution >= 0.6 is 22.9 Å². The number of hydrogen-bond acceptors (Lipinski definition) is 4. The van der Waals surface area contributed by atoms with E-state index >= 15 is 0 Å². The van der Waals surface area contributed by atoms with Crippen molar-refractivity contribution in [1.82, 2.24) is 19.5 Å². The molecule has 0 bridgehead atoms. The van der Waals surface area contributed by atoms with Crippen LogP contribution in [0.2, 0.25) is 5.02 Å². The van der Waals surface area contributed by atoms with Crippen molar-refractivity contribution in [3.63, 3.8) is 0 Å². The molecule has 0 spiro atoms. The molecule has 3 heterocycles. The van der Waals surface area contributed by atoms with E-state index in [1.165, 1.54) is 16.9 Å². The first-order chi connectivity index (χ1) is 14.7. The van der Waals surface area contributed by atoms with Crippen LogP contribution in [0.5, 0.6) is 0 Å². The number of imidazole rings is 1. The Morgan fingerprint density at radius 3 is 2.70 bits per heavy atom. The summed E-state index contributed by atoms with van der Waals surface area (Å²) in [6, 6.07) is 19.7. The Hall–Kier alpha value is -3.22. The number of thiophene rings is 1. The van der Waals surface area contributed by atoms with Crippen molar-refractivity contribution in [1.29, 1.82) is 0 Å². The number of fused-ring (bicyclic) bond motifs is 1. The molecule has 30 heavy (non-hydrogen) atoms. The topological polar surface area (TPSA) is 63.6 Å². The van der Waals surface area contributed by atoms with Crippen molar-refractivity contribution in [2.24, 2.45) is 0 Å². The molecule has 3 aromatic heterocycles. The number of nitrogens with zero attached hydrogens (tertiary/aromatic N) is 3. The lowest BCUT2D eigenvalue weighted by atomic mass is 10.2. The van der Waals surface area contributed by atoms with Gasteiger partial charge in [-0.15, -0.1) is 11.3 Å². The Kier molecular flexibility index (Phi) is 4.94. The van der Waals surface area contributed by atoms with Gasteiger partial charge in [0.2, 0.25) is 0 Å². The summed E-state index contributed by atoms with van der Waals surface area (Å²) in [7, 11) is 0. The maximum absolute atomic E-state index is 12.7. The molecule has 0 saturated carbocycles. The van der Waals surface area contributed by atoms with Crippen LogP contribution in [0.25, 0.3) is 20.7 Å². The predicted molar refractivity (Wildman–Crippen MR) is 121 cm³/mol. The molecule has 0 radical (unpaired) electrons. The van der Waals surface area contributed by atoms with Gasteiger partial charge >= 0.3 is 0 Å². The largest absolute Gasteiger partial charge is 0.330 e. The van der Waals surface area contributed by atoms with Crippen molar-refractivity contribution in [3.05, 3.63) is 106 Å². The Morgan fingerprint density at radius 2 is 1.87 bits per heavy atom. The van der Waals surface area contributed by atoms with E-state index < -0.39 is 0 Å².